The van der Waals surface area contributed by atoms with Gasteiger partial charge in [0.25, 0.3) is 0 Å². The number of fused-ring (bicyclic) bond motifs is 1. The zero-order valence-electron chi connectivity index (χ0n) is 22.4. The lowest BCUT2D eigenvalue weighted by molar-refractivity contribution is 0.0513. The van der Waals surface area contributed by atoms with E-state index < -0.39 is 5.60 Å². The highest BCUT2D eigenvalue weighted by atomic mass is 16.3. The van der Waals surface area contributed by atoms with E-state index in [0.29, 0.717) is 18.3 Å². The maximum atomic E-state index is 10.6. The second kappa shape index (κ2) is 15.4. The number of aliphatic hydroxyl groups excluding tert-OH is 1. The van der Waals surface area contributed by atoms with E-state index in [1.165, 1.54) is 77.4 Å². The summed E-state index contributed by atoms with van der Waals surface area (Å²) in [6, 6.07) is 0. The molecule has 33 heavy (non-hydrogen) atoms. The van der Waals surface area contributed by atoms with Crippen LogP contribution in [0.5, 0.6) is 0 Å². The molecular weight excluding hydrogens is 406 g/mol. The standard InChI is InChI=1S/C30H55NO2/c1-5-8-17-30(4,33)18-14-16-27-28-23-25(22-26(28)24-29(27)32)15-12-11-13-21-31(19-9-6-2)20-10-7-3/h14,16,22,26-29,32-33H,5-13,15,17-21,23-24H2,1-4H3/b16-14+/t26-,27+,28-,29+,30-/m0/s1. The summed E-state index contributed by atoms with van der Waals surface area (Å²) in [5.41, 5.74) is 1.02. The van der Waals surface area contributed by atoms with Crippen molar-refractivity contribution < 1.29 is 10.2 Å². The molecule has 1 saturated carbocycles. The fourth-order valence-electron chi connectivity index (χ4n) is 5.89. The molecule has 3 heteroatoms. The zero-order valence-corrected chi connectivity index (χ0v) is 22.4. The van der Waals surface area contributed by atoms with Gasteiger partial charge in [-0.25, -0.2) is 0 Å². The molecule has 2 aliphatic carbocycles. The van der Waals surface area contributed by atoms with Crippen molar-refractivity contribution in [1.82, 2.24) is 4.90 Å². The van der Waals surface area contributed by atoms with Crippen LogP contribution in [0.25, 0.3) is 0 Å². The average Bonchev–Trinajstić information content (AvgIpc) is 3.30. The Hall–Kier alpha value is -0.640. The highest BCUT2D eigenvalue weighted by Gasteiger charge is 2.43. The number of nitrogens with zero attached hydrogens (tertiary/aromatic N) is 1. The van der Waals surface area contributed by atoms with Gasteiger partial charge in [-0.3, -0.25) is 0 Å². The van der Waals surface area contributed by atoms with Crippen molar-refractivity contribution in [2.24, 2.45) is 17.8 Å². The second-order valence-corrected chi connectivity index (χ2v) is 11.3. The fraction of sp³-hybridized carbons (Fsp3) is 0.867. The maximum absolute atomic E-state index is 10.6. The molecule has 1 fully saturated rings. The smallest absolute Gasteiger partial charge is 0.0654 e. The van der Waals surface area contributed by atoms with Crippen LogP contribution in [0.2, 0.25) is 0 Å². The monoisotopic (exact) mass is 461 g/mol. The molecule has 0 saturated heterocycles. The number of hydrogen-bond acceptors (Lipinski definition) is 3. The summed E-state index contributed by atoms with van der Waals surface area (Å²) >= 11 is 0. The molecule has 0 amide bonds. The first-order chi connectivity index (χ1) is 15.9. The fourth-order valence-corrected chi connectivity index (χ4v) is 5.89. The SMILES string of the molecule is CCCCN(CCCC)CCCCCC1=C[C@H]2C[C@@H](O)[C@H](/C=C/C[C@@](C)(O)CCCC)[C@H]2C1. The summed E-state index contributed by atoms with van der Waals surface area (Å²) in [7, 11) is 0. The predicted octanol–water partition coefficient (Wildman–Crippen LogP) is 7.28. The number of allylic oxidation sites excluding steroid dienone is 2. The lowest BCUT2D eigenvalue weighted by atomic mass is 9.87. The Kier molecular flexibility index (Phi) is 13.3. The van der Waals surface area contributed by atoms with Gasteiger partial charge in [0.15, 0.2) is 0 Å². The molecule has 0 aliphatic heterocycles. The minimum absolute atomic E-state index is 0.216. The molecule has 0 aromatic rings. The summed E-state index contributed by atoms with van der Waals surface area (Å²) in [5, 5.41) is 21.2. The third-order valence-corrected chi connectivity index (χ3v) is 8.06. The summed E-state index contributed by atoms with van der Waals surface area (Å²) in [5.74, 6) is 1.39. The lowest BCUT2D eigenvalue weighted by Gasteiger charge is -2.22. The Morgan fingerprint density at radius 2 is 1.64 bits per heavy atom. The van der Waals surface area contributed by atoms with Gasteiger partial charge in [-0.15, -0.1) is 0 Å². The molecule has 0 heterocycles. The van der Waals surface area contributed by atoms with Crippen molar-refractivity contribution in [3.8, 4) is 0 Å². The number of rotatable bonds is 18. The Morgan fingerprint density at radius 1 is 0.970 bits per heavy atom. The summed E-state index contributed by atoms with van der Waals surface area (Å²) in [4.78, 5) is 2.68. The Morgan fingerprint density at radius 3 is 2.30 bits per heavy atom. The van der Waals surface area contributed by atoms with Gasteiger partial charge in [0.1, 0.15) is 0 Å². The molecule has 2 N–H and O–H groups in total. The van der Waals surface area contributed by atoms with Gasteiger partial charge in [-0.2, -0.15) is 0 Å². The van der Waals surface area contributed by atoms with Crippen molar-refractivity contribution in [3.05, 3.63) is 23.8 Å². The molecule has 2 aliphatic rings. The van der Waals surface area contributed by atoms with E-state index in [4.69, 9.17) is 0 Å². The van der Waals surface area contributed by atoms with E-state index in [2.05, 4.69) is 43.9 Å². The molecule has 0 aromatic heterocycles. The minimum atomic E-state index is -0.614. The number of aliphatic hydroxyl groups is 2. The van der Waals surface area contributed by atoms with E-state index in [1.54, 1.807) is 5.57 Å². The third kappa shape index (κ3) is 10.2. The van der Waals surface area contributed by atoms with E-state index in [9.17, 15) is 10.2 Å². The molecule has 0 radical (unpaired) electrons. The zero-order chi connectivity index (χ0) is 24.1. The largest absolute Gasteiger partial charge is 0.392 e. The molecule has 0 unspecified atom stereocenters. The average molecular weight is 462 g/mol. The van der Waals surface area contributed by atoms with Crippen LogP contribution in [0.15, 0.2) is 23.8 Å². The molecule has 0 bridgehead atoms. The first-order valence-electron chi connectivity index (χ1n) is 14.4. The van der Waals surface area contributed by atoms with E-state index >= 15 is 0 Å². The summed E-state index contributed by atoms with van der Waals surface area (Å²) in [6.07, 6.45) is 23.0. The van der Waals surface area contributed by atoms with Crippen molar-refractivity contribution in [3.63, 3.8) is 0 Å². The van der Waals surface area contributed by atoms with Crippen LogP contribution in [0.3, 0.4) is 0 Å². The molecule has 2 rings (SSSR count). The van der Waals surface area contributed by atoms with E-state index in [0.717, 1.165) is 25.7 Å². The summed E-state index contributed by atoms with van der Waals surface area (Å²) < 4.78 is 0. The van der Waals surface area contributed by atoms with Crippen LogP contribution in [0.1, 0.15) is 118 Å². The van der Waals surface area contributed by atoms with Crippen molar-refractivity contribution >= 4 is 0 Å². The number of unbranched alkanes of at least 4 members (excludes halogenated alkanes) is 5. The second-order valence-electron chi connectivity index (χ2n) is 11.3. The van der Waals surface area contributed by atoms with Crippen molar-refractivity contribution in [1.29, 1.82) is 0 Å². The highest BCUT2D eigenvalue weighted by Crippen LogP contribution is 2.48. The van der Waals surface area contributed by atoms with Crippen LogP contribution in [-0.4, -0.2) is 46.5 Å². The third-order valence-electron chi connectivity index (χ3n) is 8.06. The molecule has 5 atom stereocenters. The predicted molar refractivity (Wildman–Crippen MR) is 142 cm³/mol. The quantitative estimate of drug-likeness (QED) is 0.166. The van der Waals surface area contributed by atoms with Gasteiger partial charge < -0.3 is 15.1 Å². The minimum Gasteiger partial charge on any atom is -0.392 e. The maximum Gasteiger partial charge on any atom is 0.0654 e. The van der Waals surface area contributed by atoms with Gasteiger partial charge in [0, 0.05) is 5.92 Å². The first-order valence-corrected chi connectivity index (χ1v) is 14.4. The van der Waals surface area contributed by atoms with Crippen molar-refractivity contribution in [2.45, 2.75) is 129 Å². The number of hydrogen-bond donors (Lipinski definition) is 2. The van der Waals surface area contributed by atoms with Crippen LogP contribution in [0, 0.1) is 17.8 Å². The summed E-state index contributed by atoms with van der Waals surface area (Å²) in [6.45, 7) is 12.5. The van der Waals surface area contributed by atoms with Crippen LogP contribution in [0.4, 0.5) is 0 Å². The van der Waals surface area contributed by atoms with Crippen LogP contribution < -0.4 is 0 Å². The Bertz CT molecular complexity index is 574. The normalized spacial score (nSPS) is 26.8. The molecular formula is C30H55NO2. The van der Waals surface area contributed by atoms with Crippen LogP contribution >= 0.6 is 0 Å². The lowest BCUT2D eigenvalue weighted by Crippen LogP contribution is -2.27. The van der Waals surface area contributed by atoms with Gasteiger partial charge in [0.05, 0.1) is 11.7 Å². The molecule has 3 nitrogen and oxygen atoms in total. The Balaban J connectivity index is 1.70. The van der Waals surface area contributed by atoms with Gasteiger partial charge >= 0.3 is 0 Å². The van der Waals surface area contributed by atoms with Gasteiger partial charge in [0.2, 0.25) is 0 Å². The Labute approximate surface area is 205 Å². The highest BCUT2D eigenvalue weighted by molar-refractivity contribution is 5.20. The van der Waals surface area contributed by atoms with E-state index in [-0.39, 0.29) is 12.0 Å². The van der Waals surface area contributed by atoms with Crippen LogP contribution in [-0.2, 0) is 0 Å². The van der Waals surface area contributed by atoms with Gasteiger partial charge in [-0.1, -0.05) is 76.7 Å². The molecule has 0 aromatic carbocycles. The van der Waals surface area contributed by atoms with Gasteiger partial charge in [-0.05, 0) is 96.2 Å². The van der Waals surface area contributed by atoms with E-state index in [1.807, 2.05) is 6.92 Å². The van der Waals surface area contributed by atoms with Crippen molar-refractivity contribution in [2.75, 3.05) is 19.6 Å². The molecule has 0 spiro atoms. The molecule has 192 valence electrons. The topological polar surface area (TPSA) is 43.7 Å². The first kappa shape index (κ1) is 28.6.